The molecule has 1 aliphatic rings. The molecule has 26 heavy (non-hydrogen) atoms. The first-order valence-electron chi connectivity index (χ1n) is 7.93. The molecule has 1 saturated heterocycles. The lowest BCUT2D eigenvalue weighted by Gasteiger charge is -2.18. The van der Waals surface area contributed by atoms with Gasteiger partial charge in [-0.15, -0.1) is 0 Å². The number of anilines is 2. The number of nitrogens with one attached hydrogen (secondary N) is 2. The van der Waals surface area contributed by atoms with E-state index in [2.05, 4.69) is 10.6 Å². The summed E-state index contributed by atoms with van der Waals surface area (Å²) in [5, 5.41) is 6.28. The highest BCUT2D eigenvalue weighted by Gasteiger charge is 2.31. The standard InChI is InChI=1S/C18H17Cl2N3O3/c1-26-14-4-2-3-13(9-14)23-10-12(8-17(23)24)21-18(25)22-16-6-5-11(19)7-15(16)20/h2-7,9,12H,8,10H2,1H3,(H2,21,22,25). The Labute approximate surface area is 161 Å². The molecule has 0 bridgehead atoms. The van der Waals surface area contributed by atoms with Crippen LogP contribution in [0.5, 0.6) is 5.75 Å². The summed E-state index contributed by atoms with van der Waals surface area (Å²) >= 11 is 11.9. The van der Waals surface area contributed by atoms with Crippen molar-refractivity contribution < 1.29 is 14.3 Å². The van der Waals surface area contributed by atoms with Crippen LogP contribution in [-0.2, 0) is 4.79 Å². The van der Waals surface area contributed by atoms with Crippen molar-refractivity contribution >= 4 is 46.5 Å². The lowest BCUT2D eigenvalue weighted by Crippen LogP contribution is -2.39. The first-order valence-corrected chi connectivity index (χ1v) is 8.69. The average Bonchev–Trinajstić information content (AvgIpc) is 2.97. The van der Waals surface area contributed by atoms with Crippen LogP contribution in [0, 0.1) is 0 Å². The summed E-state index contributed by atoms with van der Waals surface area (Å²) in [6, 6.07) is 11.3. The van der Waals surface area contributed by atoms with E-state index < -0.39 is 6.03 Å². The third kappa shape index (κ3) is 4.20. The monoisotopic (exact) mass is 393 g/mol. The van der Waals surface area contributed by atoms with Crippen LogP contribution in [0.4, 0.5) is 16.2 Å². The number of rotatable bonds is 4. The predicted octanol–water partition coefficient (Wildman–Crippen LogP) is 3.93. The highest BCUT2D eigenvalue weighted by atomic mass is 35.5. The lowest BCUT2D eigenvalue weighted by molar-refractivity contribution is -0.117. The Balaban J connectivity index is 1.62. The lowest BCUT2D eigenvalue weighted by atomic mass is 10.2. The molecule has 1 heterocycles. The molecule has 0 spiro atoms. The minimum absolute atomic E-state index is 0.0620. The quantitative estimate of drug-likeness (QED) is 0.826. The van der Waals surface area contributed by atoms with Crippen LogP contribution in [0.1, 0.15) is 6.42 Å². The van der Waals surface area contributed by atoms with Crippen molar-refractivity contribution in [2.75, 3.05) is 23.9 Å². The molecule has 1 unspecified atom stereocenters. The minimum Gasteiger partial charge on any atom is -0.497 e. The van der Waals surface area contributed by atoms with Crippen molar-refractivity contribution in [1.29, 1.82) is 0 Å². The van der Waals surface area contributed by atoms with Crippen molar-refractivity contribution in [3.05, 3.63) is 52.5 Å². The van der Waals surface area contributed by atoms with Gasteiger partial charge in [-0.05, 0) is 30.3 Å². The van der Waals surface area contributed by atoms with Crippen LogP contribution in [0.15, 0.2) is 42.5 Å². The molecule has 136 valence electrons. The summed E-state index contributed by atoms with van der Waals surface area (Å²) in [6.45, 7) is 0.383. The van der Waals surface area contributed by atoms with E-state index in [1.165, 1.54) is 0 Å². The Morgan fingerprint density at radius 2 is 2.04 bits per heavy atom. The summed E-state index contributed by atoms with van der Waals surface area (Å²) in [4.78, 5) is 26.1. The van der Waals surface area contributed by atoms with Gasteiger partial charge < -0.3 is 20.3 Å². The molecular weight excluding hydrogens is 377 g/mol. The normalized spacial score (nSPS) is 16.5. The van der Waals surface area contributed by atoms with Gasteiger partial charge in [0, 0.05) is 29.7 Å². The number of hydrogen-bond acceptors (Lipinski definition) is 3. The number of urea groups is 1. The molecule has 2 aromatic carbocycles. The van der Waals surface area contributed by atoms with Crippen LogP contribution in [0.25, 0.3) is 0 Å². The third-order valence-electron chi connectivity index (χ3n) is 4.00. The largest absolute Gasteiger partial charge is 0.497 e. The van der Waals surface area contributed by atoms with Crippen molar-refractivity contribution in [3.8, 4) is 5.75 Å². The number of benzene rings is 2. The first kappa shape index (κ1) is 18.4. The van der Waals surface area contributed by atoms with Gasteiger partial charge >= 0.3 is 6.03 Å². The van der Waals surface area contributed by atoms with Crippen molar-refractivity contribution in [2.24, 2.45) is 0 Å². The number of carbonyl (C=O) groups is 2. The van der Waals surface area contributed by atoms with Crippen LogP contribution < -0.4 is 20.3 Å². The van der Waals surface area contributed by atoms with Crippen molar-refractivity contribution in [3.63, 3.8) is 0 Å². The SMILES string of the molecule is COc1cccc(N2CC(NC(=O)Nc3ccc(Cl)cc3Cl)CC2=O)c1. The van der Waals surface area contributed by atoms with Gasteiger partial charge in [0.15, 0.2) is 0 Å². The summed E-state index contributed by atoms with van der Waals surface area (Å²) < 4.78 is 5.19. The highest BCUT2D eigenvalue weighted by molar-refractivity contribution is 6.36. The molecular formula is C18H17Cl2N3O3. The van der Waals surface area contributed by atoms with E-state index in [9.17, 15) is 9.59 Å². The molecule has 0 saturated carbocycles. The van der Waals surface area contributed by atoms with Gasteiger partial charge in [-0.2, -0.15) is 0 Å². The average molecular weight is 394 g/mol. The zero-order chi connectivity index (χ0) is 18.7. The van der Waals surface area contributed by atoms with E-state index in [1.807, 2.05) is 18.2 Å². The Hall–Kier alpha value is -2.44. The van der Waals surface area contributed by atoms with Crippen LogP contribution in [-0.4, -0.2) is 31.6 Å². The smallest absolute Gasteiger partial charge is 0.319 e. The molecule has 2 aromatic rings. The highest BCUT2D eigenvalue weighted by Crippen LogP contribution is 2.27. The summed E-state index contributed by atoms with van der Waals surface area (Å²) in [7, 11) is 1.57. The van der Waals surface area contributed by atoms with E-state index in [1.54, 1.807) is 36.3 Å². The third-order valence-corrected chi connectivity index (χ3v) is 4.55. The topological polar surface area (TPSA) is 70.7 Å². The molecule has 8 heteroatoms. The number of carbonyl (C=O) groups excluding carboxylic acids is 2. The summed E-state index contributed by atoms with van der Waals surface area (Å²) in [5.74, 6) is 0.606. The Bertz CT molecular complexity index is 844. The zero-order valence-electron chi connectivity index (χ0n) is 14.0. The maximum Gasteiger partial charge on any atom is 0.319 e. The number of amides is 3. The molecule has 0 aromatic heterocycles. The van der Waals surface area contributed by atoms with Gasteiger partial charge in [-0.25, -0.2) is 4.79 Å². The van der Waals surface area contributed by atoms with E-state index in [4.69, 9.17) is 27.9 Å². The van der Waals surface area contributed by atoms with Gasteiger partial charge in [0.25, 0.3) is 0 Å². The van der Waals surface area contributed by atoms with Gasteiger partial charge in [-0.1, -0.05) is 29.3 Å². The van der Waals surface area contributed by atoms with Crippen molar-refractivity contribution in [1.82, 2.24) is 5.32 Å². The Morgan fingerprint density at radius 3 is 2.77 bits per heavy atom. The molecule has 1 fully saturated rings. The molecule has 6 nitrogen and oxygen atoms in total. The van der Waals surface area contributed by atoms with Crippen molar-refractivity contribution in [2.45, 2.75) is 12.5 Å². The fraction of sp³-hybridized carbons (Fsp3) is 0.222. The molecule has 3 amide bonds. The fourth-order valence-corrected chi connectivity index (χ4v) is 3.22. The molecule has 1 atom stereocenters. The van der Waals surface area contributed by atoms with E-state index >= 15 is 0 Å². The second kappa shape index (κ2) is 7.85. The number of hydrogen-bond donors (Lipinski definition) is 2. The zero-order valence-corrected chi connectivity index (χ0v) is 15.5. The predicted molar refractivity (Wildman–Crippen MR) is 102 cm³/mol. The minimum atomic E-state index is -0.431. The van der Waals surface area contributed by atoms with Crippen LogP contribution in [0.2, 0.25) is 10.0 Å². The summed E-state index contributed by atoms with van der Waals surface area (Å²) in [5.41, 5.74) is 1.18. The second-order valence-corrected chi connectivity index (χ2v) is 6.67. The first-order chi connectivity index (χ1) is 12.5. The molecule has 2 N–H and O–H groups in total. The van der Waals surface area contributed by atoms with E-state index in [0.29, 0.717) is 28.0 Å². The number of halogens is 2. The number of nitrogens with zero attached hydrogens (tertiary/aromatic N) is 1. The van der Waals surface area contributed by atoms with Gasteiger partial charge in [0.2, 0.25) is 5.91 Å². The fourth-order valence-electron chi connectivity index (χ4n) is 2.77. The van der Waals surface area contributed by atoms with Gasteiger partial charge in [-0.3, -0.25) is 4.79 Å². The van der Waals surface area contributed by atoms with E-state index in [-0.39, 0.29) is 18.4 Å². The summed E-state index contributed by atoms with van der Waals surface area (Å²) in [6.07, 6.45) is 0.221. The van der Waals surface area contributed by atoms with Gasteiger partial charge in [0.05, 0.1) is 23.9 Å². The number of methoxy groups -OCH3 is 1. The van der Waals surface area contributed by atoms with Gasteiger partial charge in [0.1, 0.15) is 5.75 Å². The van der Waals surface area contributed by atoms with E-state index in [0.717, 1.165) is 5.69 Å². The maximum atomic E-state index is 12.3. The Kier molecular flexibility index (Phi) is 5.54. The number of ether oxygens (including phenoxy) is 1. The Morgan fingerprint density at radius 1 is 1.23 bits per heavy atom. The van der Waals surface area contributed by atoms with Crippen LogP contribution >= 0.6 is 23.2 Å². The second-order valence-electron chi connectivity index (χ2n) is 5.83. The maximum absolute atomic E-state index is 12.3. The molecule has 1 aliphatic heterocycles. The molecule has 0 radical (unpaired) electrons. The van der Waals surface area contributed by atoms with Crippen LogP contribution in [0.3, 0.4) is 0 Å². The molecule has 3 rings (SSSR count). The molecule has 0 aliphatic carbocycles.